The molecule has 1 amide bonds. The Kier molecular flexibility index (Phi) is 6.82. The zero-order valence-corrected chi connectivity index (χ0v) is 21.2. The number of nitrogens with zero attached hydrogens (tertiary/aromatic N) is 2. The van der Waals surface area contributed by atoms with E-state index in [1.54, 1.807) is 36.4 Å². The SMILES string of the molecule is COc1ccc(/C=N\NC(=O)c2sc3ccccc3c2Cl)cc1CSc1nc2ccccc2s1. The number of benzene rings is 3. The topological polar surface area (TPSA) is 63.6 Å². The molecule has 2 heterocycles. The van der Waals surface area contributed by atoms with Gasteiger partial charge >= 0.3 is 0 Å². The standard InChI is InChI=1S/C25H18ClN3O2S3/c1-31-19-11-10-15(12-16(19)14-32-25-28-18-7-3-5-9-21(18)34-25)13-27-29-24(30)23-22(26)17-6-2-4-8-20(17)33-23/h2-13H,14H2,1H3,(H,29,30)/b27-13-. The second-order valence-electron chi connectivity index (χ2n) is 7.25. The molecule has 1 N–H and O–H groups in total. The van der Waals surface area contributed by atoms with Gasteiger partial charge in [-0.3, -0.25) is 4.79 Å². The van der Waals surface area contributed by atoms with E-state index in [1.165, 1.54) is 16.0 Å². The van der Waals surface area contributed by atoms with Crippen LogP contribution in [0, 0.1) is 0 Å². The Hall–Kier alpha value is -2.91. The van der Waals surface area contributed by atoms with Gasteiger partial charge in [-0.1, -0.05) is 53.7 Å². The summed E-state index contributed by atoms with van der Waals surface area (Å²) in [6, 6.07) is 21.6. The van der Waals surface area contributed by atoms with Gasteiger partial charge in [0.05, 0.1) is 28.6 Å². The molecule has 0 atom stereocenters. The summed E-state index contributed by atoms with van der Waals surface area (Å²) < 4.78 is 8.68. The first-order valence-corrected chi connectivity index (χ1v) is 13.3. The van der Waals surface area contributed by atoms with E-state index in [1.807, 2.05) is 60.7 Å². The summed E-state index contributed by atoms with van der Waals surface area (Å²) in [5, 5.41) is 5.46. The number of para-hydroxylation sites is 1. The third-order valence-corrected chi connectivity index (χ3v) is 8.95. The minimum Gasteiger partial charge on any atom is -0.496 e. The minimum absolute atomic E-state index is 0.331. The Balaban J connectivity index is 1.28. The normalized spacial score (nSPS) is 11.5. The van der Waals surface area contributed by atoms with Crippen LogP contribution >= 0.6 is 46.0 Å². The fourth-order valence-electron chi connectivity index (χ4n) is 3.42. The molecule has 170 valence electrons. The van der Waals surface area contributed by atoms with E-state index < -0.39 is 0 Å². The van der Waals surface area contributed by atoms with Crippen molar-refractivity contribution in [1.29, 1.82) is 0 Å². The van der Waals surface area contributed by atoms with Crippen molar-refractivity contribution in [3.05, 3.63) is 87.8 Å². The fraction of sp³-hybridized carbons (Fsp3) is 0.0800. The highest BCUT2D eigenvalue weighted by molar-refractivity contribution is 8.00. The zero-order chi connectivity index (χ0) is 23.5. The molecule has 0 aliphatic rings. The lowest BCUT2D eigenvalue weighted by Crippen LogP contribution is -2.16. The average Bonchev–Trinajstić information content (AvgIpc) is 3.43. The Bertz CT molecular complexity index is 1490. The van der Waals surface area contributed by atoms with Gasteiger partial charge in [0.2, 0.25) is 0 Å². The van der Waals surface area contributed by atoms with E-state index in [0.29, 0.717) is 15.7 Å². The molecule has 0 aliphatic heterocycles. The summed E-state index contributed by atoms with van der Waals surface area (Å²) in [6.07, 6.45) is 1.62. The number of ether oxygens (including phenoxy) is 1. The van der Waals surface area contributed by atoms with Crippen molar-refractivity contribution >= 4 is 78.5 Å². The Morgan fingerprint density at radius 2 is 1.91 bits per heavy atom. The monoisotopic (exact) mass is 523 g/mol. The Morgan fingerprint density at radius 1 is 1.12 bits per heavy atom. The maximum Gasteiger partial charge on any atom is 0.283 e. The summed E-state index contributed by atoms with van der Waals surface area (Å²) in [7, 11) is 1.66. The van der Waals surface area contributed by atoms with Crippen molar-refractivity contribution in [1.82, 2.24) is 10.4 Å². The summed E-state index contributed by atoms with van der Waals surface area (Å²) in [4.78, 5) is 17.7. The van der Waals surface area contributed by atoms with E-state index >= 15 is 0 Å². The molecule has 5 aromatic rings. The number of hydrogen-bond acceptors (Lipinski definition) is 7. The smallest absolute Gasteiger partial charge is 0.283 e. The Morgan fingerprint density at radius 3 is 2.71 bits per heavy atom. The average molecular weight is 524 g/mol. The lowest BCUT2D eigenvalue weighted by molar-refractivity contribution is 0.0959. The van der Waals surface area contributed by atoms with Crippen LogP contribution < -0.4 is 10.2 Å². The van der Waals surface area contributed by atoms with Crippen molar-refractivity contribution < 1.29 is 9.53 Å². The van der Waals surface area contributed by atoms with Crippen LogP contribution in [-0.2, 0) is 5.75 Å². The number of hydrazone groups is 1. The molecule has 3 aromatic carbocycles. The first-order chi connectivity index (χ1) is 16.6. The quantitative estimate of drug-likeness (QED) is 0.139. The van der Waals surface area contributed by atoms with E-state index in [2.05, 4.69) is 21.6 Å². The highest BCUT2D eigenvalue weighted by atomic mass is 35.5. The molecule has 2 aromatic heterocycles. The maximum absolute atomic E-state index is 12.6. The first kappa shape index (κ1) is 22.9. The van der Waals surface area contributed by atoms with Crippen LogP contribution in [0.4, 0.5) is 0 Å². The van der Waals surface area contributed by atoms with Gasteiger partial charge in [-0.05, 0) is 42.0 Å². The molecule has 34 heavy (non-hydrogen) atoms. The number of fused-ring (bicyclic) bond motifs is 2. The van der Waals surface area contributed by atoms with Crippen molar-refractivity contribution in [2.75, 3.05) is 7.11 Å². The van der Waals surface area contributed by atoms with E-state index in [9.17, 15) is 4.79 Å². The van der Waals surface area contributed by atoms with Gasteiger partial charge in [0.15, 0.2) is 4.34 Å². The molecule has 0 saturated heterocycles. The van der Waals surface area contributed by atoms with E-state index in [0.717, 1.165) is 36.8 Å². The van der Waals surface area contributed by atoms with Crippen LogP contribution in [0.15, 0.2) is 76.2 Å². The van der Waals surface area contributed by atoms with Crippen LogP contribution in [0.5, 0.6) is 5.75 Å². The highest BCUT2D eigenvalue weighted by Crippen LogP contribution is 2.35. The largest absolute Gasteiger partial charge is 0.496 e. The highest BCUT2D eigenvalue weighted by Gasteiger charge is 2.16. The molecule has 0 spiro atoms. The van der Waals surface area contributed by atoms with Gasteiger partial charge in [-0.2, -0.15) is 5.10 Å². The van der Waals surface area contributed by atoms with Crippen LogP contribution in [0.25, 0.3) is 20.3 Å². The lowest BCUT2D eigenvalue weighted by atomic mass is 10.1. The van der Waals surface area contributed by atoms with Crippen LogP contribution in [-0.4, -0.2) is 24.2 Å². The molecule has 0 aliphatic carbocycles. The van der Waals surface area contributed by atoms with E-state index in [4.69, 9.17) is 16.3 Å². The van der Waals surface area contributed by atoms with Crippen LogP contribution in [0.3, 0.4) is 0 Å². The molecule has 0 bridgehead atoms. The van der Waals surface area contributed by atoms with Crippen molar-refractivity contribution in [3.8, 4) is 5.75 Å². The second-order valence-corrected chi connectivity index (χ2v) is 10.9. The number of thioether (sulfide) groups is 1. The number of nitrogens with one attached hydrogen (secondary N) is 1. The number of rotatable bonds is 7. The van der Waals surface area contributed by atoms with Gasteiger partial charge < -0.3 is 4.74 Å². The maximum atomic E-state index is 12.6. The third-order valence-electron chi connectivity index (χ3n) is 5.05. The number of amides is 1. The van der Waals surface area contributed by atoms with Crippen molar-refractivity contribution in [3.63, 3.8) is 0 Å². The number of thiophene rings is 1. The number of aromatic nitrogens is 1. The van der Waals surface area contributed by atoms with Crippen LogP contribution in [0.1, 0.15) is 20.8 Å². The first-order valence-electron chi connectivity index (χ1n) is 10.3. The lowest BCUT2D eigenvalue weighted by Gasteiger charge is -2.08. The molecule has 0 unspecified atom stereocenters. The molecule has 0 fully saturated rings. The molecule has 9 heteroatoms. The molecule has 5 nitrogen and oxygen atoms in total. The second kappa shape index (κ2) is 10.1. The predicted molar refractivity (Wildman–Crippen MR) is 144 cm³/mol. The predicted octanol–water partition coefficient (Wildman–Crippen LogP) is 7.23. The van der Waals surface area contributed by atoms with Gasteiger partial charge in [0.25, 0.3) is 5.91 Å². The minimum atomic E-state index is -0.331. The number of halogens is 1. The summed E-state index contributed by atoms with van der Waals surface area (Å²) in [6.45, 7) is 0. The fourth-order valence-corrected chi connectivity index (χ4v) is 6.87. The number of carbonyl (C=O) groups excluding carboxylic acids is 1. The molecular weight excluding hydrogens is 506 g/mol. The summed E-state index contributed by atoms with van der Waals surface area (Å²) in [5.74, 6) is 1.17. The number of methoxy groups -OCH3 is 1. The molecular formula is C25H18ClN3O2S3. The third kappa shape index (κ3) is 4.81. The number of hydrogen-bond donors (Lipinski definition) is 1. The number of thiazole rings is 1. The van der Waals surface area contributed by atoms with Gasteiger partial charge in [-0.25, -0.2) is 10.4 Å². The summed E-state index contributed by atoms with van der Waals surface area (Å²) in [5.41, 5.74) is 5.47. The van der Waals surface area contributed by atoms with Crippen molar-refractivity contribution in [2.24, 2.45) is 5.10 Å². The zero-order valence-electron chi connectivity index (χ0n) is 17.9. The van der Waals surface area contributed by atoms with Crippen LogP contribution in [0.2, 0.25) is 5.02 Å². The van der Waals surface area contributed by atoms with Gasteiger partial charge in [0, 0.05) is 21.4 Å². The van der Waals surface area contributed by atoms with E-state index in [-0.39, 0.29) is 5.91 Å². The van der Waals surface area contributed by atoms with Gasteiger partial charge in [-0.15, -0.1) is 22.7 Å². The molecule has 5 rings (SSSR count). The number of carbonyl (C=O) groups is 1. The summed E-state index contributed by atoms with van der Waals surface area (Å²) >= 11 is 11.1. The van der Waals surface area contributed by atoms with Crippen molar-refractivity contribution in [2.45, 2.75) is 10.1 Å². The molecule has 0 radical (unpaired) electrons. The molecule has 0 saturated carbocycles. The van der Waals surface area contributed by atoms with Gasteiger partial charge in [0.1, 0.15) is 10.6 Å². The Labute approximate surface area is 213 Å².